The van der Waals surface area contributed by atoms with Crippen LogP contribution in [0.1, 0.15) is 70.0 Å². The van der Waals surface area contributed by atoms with Crippen molar-refractivity contribution >= 4 is 5.95 Å². The molecule has 156 valence electrons. The number of hydrogen-bond acceptors (Lipinski definition) is 5. The van der Waals surface area contributed by atoms with Crippen LogP contribution in [0.2, 0.25) is 0 Å². The predicted octanol–water partition coefficient (Wildman–Crippen LogP) is 3.59. The summed E-state index contributed by atoms with van der Waals surface area (Å²) in [7, 11) is 0. The first-order valence-electron chi connectivity index (χ1n) is 11.7. The number of hydrogen-bond donors (Lipinski definition) is 0. The van der Waals surface area contributed by atoms with Crippen LogP contribution in [0.15, 0.2) is 0 Å². The minimum absolute atomic E-state index is 0.328. The molecule has 0 amide bonds. The normalized spacial score (nSPS) is 31.4. The predicted molar refractivity (Wildman–Crippen MR) is 109 cm³/mol. The first-order valence-corrected chi connectivity index (χ1v) is 11.7. The quantitative estimate of drug-likeness (QED) is 0.745. The fourth-order valence-electron chi connectivity index (χ4n) is 5.81. The van der Waals surface area contributed by atoms with E-state index in [1.54, 1.807) is 0 Å². The van der Waals surface area contributed by atoms with Crippen LogP contribution in [0, 0.1) is 11.3 Å². The standard InChI is InChI=1S/C22H36N4O2/c1-2-5-18(6-3-1)8-9-20-23-24-21(26(20)15-19-7-4-13-28-19)25-12-10-22(16-25)11-14-27-17-22/h18-19H,1-17H2/t19-,22+/m0/s1. The molecule has 0 unspecified atom stereocenters. The van der Waals surface area contributed by atoms with Crippen molar-refractivity contribution in [3.63, 3.8) is 0 Å². The molecule has 0 radical (unpaired) electrons. The minimum Gasteiger partial charge on any atom is -0.381 e. The van der Waals surface area contributed by atoms with Crippen molar-refractivity contribution in [2.75, 3.05) is 37.8 Å². The topological polar surface area (TPSA) is 52.4 Å². The molecular weight excluding hydrogens is 352 g/mol. The summed E-state index contributed by atoms with van der Waals surface area (Å²) in [6, 6.07) is 0. The Morgan fingerprint density at radius 1 is 1.00 bits per heavy atom. The third-order valence-corrected chi connectivity index (χ3v) is 7.63. The molecule has 4 heterocycles. The molecule has 0 N–H and O–H groups in total. The summed E-state index contributed by atoms with van der Waals surface area (Å²) >= 11 is 0. The first kappa shape index (κ1) is 18.9. The number of aryl methyl sites for hydroxylation is 1. The first-order chi connectivity index (χ1) is 13.8. The van der Waals surface area contributed by atoms with Gasteiger partial charge in [0, 0.05) is 38.1 Å². The van der Waals surface area contributed by atoms with E-state index in [0.29, 0.717) is 11.5 Å². The van der Waals surface area contributed by atoms with Crippen LogP contribution in [-0.4, -0.2) is 53.8 Å². The monoisotopic (exact) mass is 388 g/mol. The number of ether oxygens (including phenoxy) is 2. The van der Waals surface area contributed by atoms with Crippen molar-refractivity contribution in [3.8, 4) is 0 Å². The lowest BCUT2D eigenvalue weighted by Crippen LogP contribution is -2.30. The van der Waals surface area contributed by atoms with E-state index in [2.05, 4.69) is 14.6 Å². The van der Waals surface area contributed by atoms with Gasteiger partial charge >= 0.3 is 0 Å². The van der Waals surface area contributed by atoms with Gasteiger partial charge in [0.15, 0.2) is 0 Å². The van der Waals surface area contributed by atoms with E-state index < -0.39 is 0 Å². The van der Waals surface area contributed by atoms with Gasteiger partial charge < -0.3 is 14.4 Å². The van der Waals surface area contributed by atoms with Crippen LogP contribution in [0.4, 0.5) is 5.95 Å². The Balaban J connectivity index is 1.31. The van der Waals surface area contributed by atoms with Crippen LogP contribution >= 0.6 is 0 Å². The molecule has 6 nitrogen and oxygen atoms in total. The number of anilines is 1. The van der Waals surface area contributed by atoms with Crippen LogP contribution in [-0.2, 0) is 22.4 Å². The molecule has 0 bridgehead atoms. The van der Waals surface area contributed by atoms with E-state index in [9.17, 15) is 0 Å². The average Bonchev–Trinajstić information content (AvgIpc) is 3.52. The lowest BCUT2D eigenvalue weighted by atomic mass is 9.86. The zero-order valence-electron chi connectivity index (χ0n) is 17.3. The van der Waals surface area contributed by atoms with Gasteiger partial charge in [-0.1, -0.05) is 32.1 Å². The maximum atomic E-state index is 5.97. The fourth-order valence-corrected chi connectivity index (χ4v) is 5.81. The average molecular weight is 389 g/mol. The zero-order valence-corrected chi connectivity index (χ0v) is 17.3. The molecule has 1 aliphatic carbocycles. The second-order valence-electron chi connectivity index (χ2n) is 9.68. The molecule has 3 saturated heterocycles. The summed E-state index contributed by atoms with van der Waals surface area (Å²) in [5, 5.41) is 9.39. The molecule has 1 aromatic heterocycles. The Kier molecular flexibility index (Phi) is 5.60. The van der Waals surface area contributed by atoms with Crippen molar-refractivity contribution < 1.29 is 9.47 Å². The largest absolute Gasteiger partial charge is 0.381 e. The van der Waals surface area contributed by atoms with E-state index in [4.69, 9.17) is 14.6 Å². The van der Waals surface area contributed by atoms with Crippen LogP contribution < -0.4 is 4.90 Å². The molecule has 6 heteroatoms. The number of aromatic nitrogens is 3. The van der Waals surface area contributed by atoms with E-state index in [0.717, 1.165) is 64.2 Å². The van der Waals surface area contributed by atoms with E-state index >= 15 is 0 Å². The molecule has 0 aromatic carbocycles. The van der Waals surface area contributed by atoms with Gasteiger partial charge in [-0.3, -0.25) is 4.57 Å². The Hall–Kier alpha value is -1.14. The van der Waals surface area contributed by atoms with Crippen molar-refractivity contribution in [2.24, 2.45) is 11.3 Å². The second kappa shape index (κ2) is 8.31. The van der Waals surface area contributed by atoms with Gasteiger partial charge in [0.1, 0.15) is 5.82 Å². The van der Waals surface area contributed by atoms with Crippen molar-refractivity contribution in [1.82, 2.24) is 14.8 Å². The third-order valence-electron chi connectivity index (χ3n) is 7.63. The van der Waals surface area contributed by atoms with Gasteiger partial charge in [0.2, 0.25) is 5.95 Å². The van der Waals surface area contributed by atoms with Gasteiger partial charge in [-0.15, -0.1) is 10.2 Å². The van der Waals surface area contributed by atoms with Crippen molar-refractivity contribution in [1.29, 1.82) is 0 Å². The highest BCUT2D eigenvalue weighted by molar-refractivity contribution is 5.34. The van der Waals surface area contributed by atoms with E-state index in [-0.39, 0.29) is 0 Å². The maximum absolute atomic E-state index is 5.97. The van der Waals surface area contributed by atoms with Gasteiger partial charge in [0.05, 0.1) is 19.3 Å². The van der Waals surface area contributed by atoms with Crippen molar-refractivity contribution in [3.05, 3.63) is 5.82 Å². The summed E-state index contributed by atoms with van der Waals surface area (Å²) < 4.78 is 14.1. The van der Waals surface area contributed by atoms with Crippen LogP contribution in [0.3, 0.4) is 0 Å². The van der Waals surface area contributed by atoms with Gasteiger partial charge in [-0.2, -0.15) is 0 Å². The van der Waals surface area contributed by atoms with Gasteiger partial charge in [0.25, 0.3) is 0 Å². The Morgan fingerprint density at radius 2 is 1.93 bits per heavy atom. The Bertz CT molecular complexity index is 643. The lowest BCUT2D eigenvalue weighted by molar-refractivity contribution is 0.0963. The molecule has 4 fully saturated rings. The van der Waals surface area contributed by atoms with Crippen molar-refractivity contribution in [2.45, 2.75) is 83.3 Å². The smallest absolute Gasteiger partial charge is 0.227 e. The molecule has 28 heavy (non-hydrogen) atoms. The highest BCUT2D eigenvalue weighted by atomic mass is 16.5. The Morgan fingerprint density at radius 3 is 2.71 bits per heavy atom. The third kappa shape index (κ3) is 3.95. The van der Waals surface area contributed by atoms with E-state index in [1.807, 2.05) is 0 Å². The second-order valence-corrected chi connectivity index (χ2v) is 9.68. The van der Waals surface area contributed by atoms with Gasteiger partial charge in [-0.25, -0.2) is 0 Å². The molecule has 1 aromatic rings. The number of nitrogens with zero attached hydrogens (tertiary/aromatic N) is 4. The SMILES string of the molecule is C1CCC(CCc2nnc(N3CC[C@@]4(CCOC4)C3)n2C[C@@H]2CCCO2)CC1. The number of rotatable bonds is 6. The zero-order chi connectivity index (χ0) is 18.8. The lowest BCUT2D eigenvalue weighted by Gasteiger charge is -2.24. The summed E-state index contributed by atoms with van der Waals surface area (Å²) in [6.07, 6.45) is 14.5. The molecule has 5 rings (SSSR count). The molecule has 4 aliphatic rings. The van der Waals surface area contributed by atoms with E-state index in [1.165, 1.54) is 63.6 Å². The summed E-state index contributed by atoms with van der Waals surface area (Å²) in [5.74, 6) is 3.15. The molecule has 1 saturated carbocycles. The van der Waals surface area contributed by atoms with Crippen LogP contribution in [0.25, 0.3) is 0 Å². The minimum atomic E-state index is 0.328. The fraction of sp³-hybridized carbons (Fsp3) is 0.909. The highest BCUT2D eigenvalue weighted by Crippen LogP contribution is 2.40. The molecular formula is C22H36N4O2. The molecule has 2 atom stereocenters. The summed E-state index contributed by atoms with van der Waals surface area (Å²) in [4.78, 5) is 2.47. The highest BCUT2D eigenvalue weighted by Gasteiger charge is 2.42. The van der Waals surface area contributed by atoms with Crippen LogP contribution in [0.5, 0.6) is 0 Å². The maximum Gasteiger partial charge on any atom is 0.227 e. The molecule has 1 spiro atoms. The Labute approximate surface area is 169 Å². The molecule has 3 aliphatic heterocycles. The summed E-state index contributed by atoms with van der Waals surface area (Å²) in [6.45, 7) is 5.81. The summed E-state index contributed by atoms with van der Waals surface area (Å²) in [5.41, 5.74) is 0.350. The van der Waals surface area contributed by atoms with Gasteiger partial charge in [-0.05, 0) is 38.0 Å².